The zero-order valence-corrected chi connectivity index (χ0v) is 13.3. The molecule has 2 saturated carbocycles. The smallest absolute Gasteiger partial charge is 0.335 e. The average Bonchev–Trinajstić information content (AvgIpc) is 3.00. The molecule has 2 aliphatic rings. The summed E-state index contributed by atoms with van der Waals surface area (Å²) < 4.78 is 0.826. The van der Waals surface area contributed by atoms with Gasteiger partial charge in [-0.2, -0.15) is 0 Å². The minimum Gasteiger partial charge on any atom is -0.478 e. The van der Waals surface area contributed by atoms with Crippen molar-refractivity contribution in [3.05, 3.63) is 28.2 Å². The summed E-state index contributed by atoms with van der Waals surface area (Å²) in [5.74, 6) is 1.76. The van der Waals surface area contributed by atoms with Crippen molar-refractivity contribution < 1.29 is 9.90 Å². The number of nitrogens with zero attached hydrogens (tertiary/aromatic N) is 1. The first-order chi connectivity index (χ1) is 9.52. The summed E-state index contributed by atoms with van der Waals surface area (Å²) in [7, 11) is 2.07. The van der Waals surface area contributed by atoms with Crippen molar-refractivity contribution in [2.45, 2.75) is 25.7 Å². The van der Waals surface area contributed by atoms with Gasteiger partial charge in [0.05, 0.1) is 5.56 Å². The molecule has 2 aliphatic carbocycles. The Morgan fingerprint density at radius 1 is 1.35 bits per heavy atom. The monoisotopic (exact) mass is 337 g/mol. The Hall–Kier alpha value is -1.03. The normalized spacial score (nSPS) is 27.8. The van der Waals surface area contributed by atoms with E-state index in [0.29, 0.717) is 5.56 Å². The SMILES string of the molecule is CN(CC1CC2CCC1C2)c1cc(Br)cc(C(=O)O)c1. The molecule has 4 heteroatoms. The van der Waals surface area contributed by atoms with Crippen molar-refractivity contribution in [1.29, 1.82) is 0 Å². The molecule has 0 saturated heterocycles. The first kappa shape index (κ1) is 13.9. The van der Waals surface area contributed by atoms with E-state index in [1.165, 1.54) is 25.7 Å². The molecule has 3 nitrogen and oxygen atoms in total. The third-order valence-electron chi connectivity index (χ3n) is 4.96. The molecule has 2 bridgehead atoms. The lowest BCUT2D eigenvalue weighted by Crippen LogP contribution is -2.28. The highest BCUT2D eigenvalue weighted by Gasteiger charge is 2.39. The highest BCUT2D eigenvalue weighted by atomic mass is 79.9. The second-order valence-corrected chi connectivity index (χ2v) is 7.23. The van der Waals surface area contributed by atoms with Gasteiger partial charge >= 0.3 is 5.97 Å². The second-order valence-electron chi connectivity index (χ2n) is 6.32. The van der Waals surface area contributed by atoms with Gasteiger partial charge in [0, 0.05) is 23.8 Å². The largest absolute Gasteiger partial charge is 0.478 e. The van der Waals surface area contributed by atoms with Gasteiger partial charge < -0.3 is 10.0 Å². The van der Waals surface area contributed by atoms with Gasteiger partial charge in [-0.25, -0.2) is 4.79 Å². The molecule has 20 heavy (non-hydrogen) atoms. The Morgan fingerprint density at radius 3 is 2.75 bits per heavy atom. The minimum atomic E-state index is -0.874. The lowest BCUT2D eigenvalue weighted by atomic mass is 9.88. The lowest BCUT2D eigenvalue weighted by Gasteiger charge is -2.28. The molecule has 0 heterocycles. The van der Waals surface area contributed by atoms with E-state index in [2.05, 4.69) is 27.9 Å². The molecule has 0 spiro atoms. The van der Waals surface area contributed by atoms with Gasteiger partial charge in [0.15, 0.2) is 0 Å². The number of hydrogen-bond donors (Lipinski definition) is 1. The Kier molecular flexibility index (Phi) is 3.76. The molecule has 3 rings (SSSR count). The fourth-order valence-corrected chi connectivity index (χ4v) is 4.46. The number of fused-ring (bicyclic) bond motifs is 2. The fourth-order valence-electron chi connectivity index (χ4n) is 3.98. The van der Waals surface area contributed by atoms with Gasteiger partial charge in [-0.1, -0.05) is 22.4 Å². The quantitative estimate of drug-likeness (QED) is 0.901. The van der Waals surface area contributed by atoms with Crippen molar-refractivity contribution in [3.63, 3.8) is 0 Å². The Bertz CT molecular complexity index is 531. The summed E-state index contributed by atoms with van der Waals surface area (Å²) in [6, 6.07) is 5.41. The van der Waals surface area contributed by atoms with Gasteiger partial charge in [-0.3, -0.25) is 0 Å². The molecule has 0 radical (unpaired) electrons. The van der Waals surface area contributed by atoms with Crippen LogP contribution in [0.15, 0.2) is 22.7 Å². The fraction of sp³-hybridized carbons (Fsp3) is 0.562. The summed E-state index contributed by atoms with van der Waals surface area (Å²) >= 11 is 3.40. The Balaban J connectivity index is 1.73. The maximum atomic E-state index is 11.1. The molecule has 0 aliphatic heterocycles. The summed E-state index contributed by atoms with van der Waals surface area (Å²) in [5.41, 5.74) is 1.33. The molecule has 0 aromatic heterocycles. The van der Waals surface area contributed by atoms with E-state index in [0.717, 1.165) is 34.5 Å². The van der Waals surface area contributed by atoms with Crippen LogP contribution in [0.25, 0.3) is 0 Å². The van der Waals surface area contributed by atoms with Gasteiger partial charge in [0.25, 0.3) is 0 Å². The van der Waals surface area contributed by atoms with E-state index in [9.17, 15) is 4.79 Å². The topological polar surface area (TPSA) is 40.5 Å². The Labute approximate surface area is 128 Å². The molecule has 1 aromatic rings. The zero-order valence-electron chi connectivity index (χ0n) is 11.7. The first-order valence-corrected chi connectivity index (χ1v) is 8.07. The standard InChI is InChI=1S/C16H20BrNO2/c1-18(9-13-5-10-2-3-11(13)4-10)15-7-12(16(19)20)6-14(17)8-15/h6-8,10-11,13H,2-5,9H2,1H3,(H,19,20). The van der Waals surface area contributed by atoms with Crippen LogP contribution in [-0.4, -0.2) is 24.7 Å². The van der Waals surface area contributed by atoms with E-state index in [4.69, 9.17) is 5.11 Å². The predicted octanol–water partition coefficient (Wildman–Crippen LogP) is 4.02. The molecule has 2 fully saturated rings. The van der Waals surface area contributed by atoms with E-state index in [-0.39, 0.29) is 0 Å². The number of carboxylic acids is 1. The van der Waals surface area contributed by atoms with Crippen molar-refractivity contribution in [2.24, 2.45) is 17.8 Å². The highest BCUT2D eigenvalue weighted by molar-refractivity contribution is 9.10. The van der Waals surface area contributed by atoms with Crippen LogP contribution in [0.1, 0.15) is 36.0 Å². The third-order valence-corrected chi connectivity index (χ3v) is 5.42. The second kappa shape index (κ2) is 5.40. The van der Waals surface area contributed by atoms with Gasteiger partial charge in [0.2, 0.25) is 0 Å². The molecular formula is C16H20BrNO2. The van der Waals surface area contributed by atoms with Gasteiger partial charge in [-0.15, -0.1) is 0 Å². The van der Waals surface area contributed by atoms with Crippen LogP contribution in [0.5, 0.6) is 0 Å². The number of carboxylic acid groups (broad SMARTS) is 1. The number of benzene rings is 1. The number of rotatable bonds is 4. The van der Waals surface area contributed by atoms with Gasteiger partial charge in [-0.05, 0) is 55.2 Å². The highest BCUT2D eigenvalue weighted by Crippen LogP contribution is 2.48. The number of aromatic carboxylic acids is 1. The summed E-state index contributed by atoms with van der Waals surface area (Å²) in [5, 5.41) is 9.15. The molecule has 108 valence electrons. The van der Waals surface area contributed by atoms with E-state index in [1.54, 1.807) is 12.1 Å². The minimum absolute atomic E-state index is 0.342. The summed E-state index contributed by atoms with van der Waals surface area (Å²) in [6.45, 7) is 1.04. The van der Waals surface area contributed by atoms with Crippen molar-refractivity contribution in [1.82, 2.24) is 0 Å². The van der Waals surface area contributed by atoms with E-state index < -0.39 is 5.97 Å². The summed E-state index contributed by atoms with van der Waals surface area (Å²) in [6.07, 6.45) is 5.58. The molecule has 0 amide bonds. The van der Waals surface area contributed by atoms with Crippen LogP contribution in [0.4, 0.5) is 5.69 Å². The van der Waals surface area contributed by atoms with Crippen LogP contribution in [0, 0.1) is 17.8 Å². The third kappa shape index (κ3) is 2.71. The lowest BCUT2D eigenvalue weighted by molar-refractivity contribution is 0.0697. The van der Waals surface area contributed by atoms with Gasteiger partial charge in [0.1, 0.15) is 0 Å². The van der Waals surface area contributed by atoms with Crippen molar-refractivity contribution in [2.75, 3.05) is 18.5 Å². The number of carbonyl (C=O) groups is 1. The maximum Gasteiger partial charge on any atom is 0.335 e. The molecule has 1 aromatic carbocycles. The van der Waals surface area contributed by atoms with Crippen molar-refractivity contribution in [3.8, 4) is 0 Å². The summed E-state index contributed by atoms with van der Waals surface area (Å²) in [4.78, 5) is 13.3. The van der Waals surface area contributed by atoms with E-state index in [1.807, 2.05) is 6.07 Å². The first-order valence-electron chi connectivity index (χ1n) is 7.28. The number of anilines is 1. The number of halogens is 1. The van der Waals surface area contributed by atoms with Crippen LogP contribution in [-0.2, 0) is 0 Å². The maximum absolute atomic E-state index is 11.1. The van der Waals surface area contributed by atoms with Crippen LogP contribution >= 0.6 is 15.9 Å². The molecule has 3 atom stereocenters. The van der Waals surface area contributed by atoms with Crippen LogP contribution < -0.4 is 4.90 Å². The van der Waals surface area contributed by atoms with E-state index >= 15 is 0 Å². The number of hydrogen-bond acceptors (Lipinski definition) is 2. The molecule has 1 N–H and O–H groups in total. The predicted molar refractivity (Wildman–Crippen MR) is 83.3 cm³/mol. The van der Waals surface area contributed by atoms with Crippen LogP contribution in [0.2, 0.25) is 0 Å². The van der Waals surface area contributed by atoms with Crippen molar-refractivity contribution >= 4 is 27.6 Å². The molecule has 3 unspecified atom stereocenters. The van der Waals surface area contributed by atoms with Crippen LogP contribution in [0.3, 0.4) is 0 Å². The molecular weight excluding hydrogens is 318 g/mol. The Morgan fingerprint density at radius 2 is 2.15 bits per heavy atom. The average molecular weight is 338 g/mol. The zero-order chi connectivity index (χ0) is 14.3.